The highest BCUT2D eigenvalue weighted by atomic mass is 32.2. The number of benzene rings is 1. The molecule has 6 heteroatoms. The molecule has 0 atom stereocenters. The Kier molecular flexibility index (Phi) is 4.01. The number of aryl methyl sites for hydroxylation is 1. The summed E-state index contributed by atoms with van der Waals surface area (Å²) in [6.45, 7) is 2.28. The van der Waals surface area contributed by atoms with Crippen LogP contribution < -0.4 is 10.0 Å². The number of pyridine rings is 1. The quantitative estimate of drug-likeness (QED) is 0.870. The number of aromatic nitrogens is 1. The zero-order chi connectivity index (χ0) is 13.9. The van der Waals surface area contributed by atoms with E-state index in [1.165, 1.54) is 7.05 Å². The van der Waals surface area contributed by atoms with Crippen LogP contribution in [0.5, 0.6) is 0 Å². The van der Waals surface area contributed by atoms with Crippen molar-refractivity contribution >= 4 is 26.6 Å². The maximum absolute atomic E-state index is 11.4. The highest BCUT2D eigenvalue weighted by Gasteiger charge is 2.07. The molecule has 102 valence electrons. The molecule has 0 unspecified atom stereocenters. The van der Waals surface area contributed by atoms with Gasteiger partial charge in [0, 0.05) is 23.3 Å². The van der Waals surface area contributed by atoms with Gasteiger partial charge in [-0.15, -0.1) is 0 Å². The average Bonchev–Trinajstić information content (AvgIpc) is 2.38. The standard InChI is InChI=1S/C13H17N3O2S/c1-10-9-13(15-7-8-19(17,18)14-2)11-5-3-4-6-12(11)16-10/h3-6,9,14H,7-8H2,1-2H3,(H,15,16). The van der Waals surface area contributed by atoms with Crippen LogP contribution in [-0.4, -0.2) is 32.7 Å². The fourth-order valence-electron chi connectivity index (χ4n) is 1.88. The first kappa shape index (κ1) is 13.8. The van der Waals surface area contributed by atoms with E-state index in [0.29, 0.717) is 6.54 Å². The molecule has 0 fully saturated rings. The second-order valence-electron chi connectivity index (χ2n) is 4.28. The van der Waals surface area contributed by atoms with Gasteiger partial charge in [0.2, 0.25) is 10.0 Å². The Hall–Kier alpha value is -1.66. The summed E-state index contributed by atoms with van der Waals surface area (Å²) in [6.07, 6.45) is 0. The third-order valence-electron chi connectivity index (χ3n) is 2.84. The van der Waals surface area contributed by atoms with Crippen LogP contribution in [0.15, 0.2) is 30.3 Å². The van der Waals surface area contributed by atoms with Crippen LogP contribution in [0.1, 0.15) is 5.69 Å². The third kappa shape index (κ3) is 3.42. The van der Waals surface area contributed by atoms with Gasteiger partial charge in [0.15, 0.2) is 0 Å². The number of anilines is 1. The van der Waals surface area contributed by atoms with Crippen molar-refractivity contribution in [1.82, 2.24) is 9.71 Å². The van der Waals surface area contributed by atoms with Gasteiger partial charge in [0.25, 0.3) is 0 Å². The number of nitrogens with zero attached hydrogens (tertiary/aromatic N) is 1. The average molecular weight is 279 g/mol. The first-order chi connectivity index (χ1) is 9.02. The normalized spacial score (nSPS) is 11.7. The Morgan fingerprint density at radius 1 is 1.26 bits per heavy atom. The molecule has 1 aromatic heterocycles. The summed E-state index contributed by atoms with van der Waals surface area (Å²) in [6, 6.07) is 9.71. The molecule has 0 saturated carbocycles. The highest BCUT2D eigenvalue weighted by Crippen LogP contribution is 2.22. The fourth-order valence-corrected chi connectivity index (χ4v) is 2.45. The summed E-state index contributed by atoms with van der Waals surface area (Å²) in [7, 11) is -1.76. The lowest BCUT2D eigenvalue weighted by Gasteiger charge is -2.10. The first-order valence-corrected chi connectivity index (χ1v) is 7.68. The second kappa shape index (κ2) is 5.54. The van der Waals surface area contributed by atoms with E-state index in [0.717, 1.165) is 22.3 Å². The minimum Gasteiger partial charge on any atom is -0.383 e. The molecule has 0 aliphatic carbocycles. The molecule has 1 heterocycles. The predicted molar refractivity (Wildman–Crippen MR) is 77.8 cm³/mol. The van der Waals surface area contributed by atoms with Gasteiger partial charge < -0.3 is 5.32 Å². The Morgan fingerprint density at radius 2 is 2.00 bits per heavy atom. The molecule has 0 aliphatic rings. The molecule has 0 aliphatic heterocycles. The van der Waals surface area contributed by atoms with E-state index in [2.05, 4.69) is 15.0 Å². The van der Waals surface area contributed by atoms with E-state index in [4.69, 9.17) is 0 Å². The molecule has 2 N–H and O–H groups in total. The van der Waals surface area contributed by atoms with Crippen molar-refractivity contribution in [3.8, 4) is 0 Å². The number of fused-ring (bicyclic) bond motifs is 1. The van der Waals surface area contributed by atoms with Gasteiger partial charge in [0.05, 0.1) is 11.3 Å². The monoisotopic (exact) mass is 279 g/mol. The van der Waals surface area contributed by atoms with E-state index < -0.39 is 10.0 Å². The van der Waals surface area contributed by atoms with Crippen LogP contribution in [0.2, 0.25) is 0 Å². The molecule has 19 heavy (non-hydrogen) atoms. The summed E-state index contributed by atoms with van der Waals surface area (Å²) in [5.41, 5.74) is 2.72. The lowest BCUT2D eigenvalue weighted by molar-refractivity contribution is 0.588. The molecule has 0 bridgehead atoms. The smallest absolute Gasteiger partial charge is 0.213 e. The van der Waals surface area contributed by atoms with Crippen LogP contribution in [0.25, 0.3) is 10.9 Å². The van der Waals surface area contributed by atoms with E-state index in [1.807, 2.05) is 37.3 Å². The Labute approximate surface area is 113 Å². The first-order valence-electron chi connectivity index (χ1n) is 6.03. The molecular formula is C13H17N3O2S. The van der Waals surface area contributed by atoms with E-state index in [1.54, 1.807) is 0 Å². The summed E-state index contributed by atoms with van der Waals surface area (Å²) in [4.78, 5) is 4.44. The van der Waals surface area contributed by atoms with Crippen molar-refractivity contribution in [3.05, 3.63) is 36.0 Å². The molecule has 1 aromatic carbocycles. The zero-order valence-corrected chi connectivity index (χ0v) is 11.8. The van der Waals surface area contributed by atoms with Crippen LogP contribution in [0.3, 0.4) is 0 Å². The number of sulfonamides is 1. The number of para-hydroxylation sites is 1. The van der Waals surface area contributed by atoms with Gasteiger partial charge in [-0.25, -0.2) is 13.1 Å². The van der Waals surface area contributed by atoms with E-state index >= 15 is 0 Å². The highest BCUT2D eigenvalue weighted by molar-refractivity contribution is 7.89. The van der Waals surface area contributed by atoms with Gasteiger partial charge in [-0.1, -0.05) is 18.2 Å². The molecule has 5 nitrogen and oxygen atoms in total. The van der Waals surface area contributed by atoms with Gasteiger partial charge in [-0.3, -0.25) is 4.98 Å². The zero-order valence-electron chi connectivity index (χ0n) is 11.0. The van der Waals surface area contributed by atoms with Crippen LogP contribution >= 0.6 is 0 Å². The summed E-state index contributed by atoms with van der Waals surface area (Å²) >= 11 is 0. The summed E-state index contributed by atoms with van der Waals surface area (Å²) in [5.74, 6) is 0.0409. The van der Waals surface area contributed by atoms with Crippen molar-refractivity contribution < 1.29 is 8.42 Å². The van der Waals surface area contributed by atoms with Crippen molar-refractivity contribution in [3.63, 3.8) is 0 Å². The lowest BCUT2D eigenvalue weighted by atomic mass is 10.1. The van der Waals surface area contributed by atoms with Crippen LogP contribution in [0, 0.1) is 6.92 Å². The summed E-state index contributed by atoms with van der Waals surface area (Å²) < 4.78 is 25.0. The molecule has 2 rings (SSSR count). The molecule has 2 aromatic rings. The number of nitrogens with one attached hydrogen (secondary N) is 2. The van der Waals surface area contributed by atoms with Crippen molar-refractivity contribution in [2.24, 2.45) is 0 Å². The lowest BCUT2D eigenvalue weighted by Crippen LogP contribution is -2.26. The molecule has 0 radical (unpaired) electrons. The molecule has 0 spiro atoms. The topological polar surface area (TPSA) is 71.1 Å². The van der Waals surface area contributed by atoms with Gasteiger partial charge in [-0.05, 0) is 26.1 Å². The second-order valence-corrected chi connectivity index (χ2v) is 6.32. The third-order valence-corrected chi connectivity index (χ3v) is 4.21. The Balaban J connectivity index is 2.21. The van der Waals surface area contributed by atoms with Gasteiger partial charge in [0.1, 0.15) is 0 Å². The number of hydrogen-bond acceptors (Lipinski definition) is 4. The Morgan fingerprint density at radius 3 is 2.74 bits per heavy atom. The number of hydrogen-bond donors (Lipinski definition) is 2. The van der Waals surface area contributed by atoms with Crippen LogP contribution in [-0.2, 0) is 10.0 Å². The summed E-state index contributed by atoms with van der Waals surface area (Å²) in [5, 5.41) is 4.16. The minimum atomic E-state index is -3.18. The van der Waals surface area contributed by atoms with Crippen molar-refractivity contribution in [1.29, 1.82) is 0 Å². The molecular weight excluding hydrogens is 262 g/mol. The van der Waals surface area contributed by atoms with Crippen molar-refractivity contribution in [2.45, 2.75) is 6.92 Å². The minimum absolute atomic E-state index is 0.0409. The Bertz CT molecular complexity index is 683. The maximum atomic E-state index is 11.4. The van der Waals surface area contributed by atoms with E-state index in [-0.39, 0.29) is 5.75 Å². The van der Waals surface area contributed by atoms with Gasteiger partial charge in [-0.2, -0.15) is 0 Å². The largest absolute Gasteiger partial charge is 0.383 e. The number of rotatable bonds is 5. The fraction of sp³-hybridized carbons (Fsp3) is 0.308. The maximum Gasteiger partial charge on any atom is 0.213 e. The predicted octanol–water partition coefficient (Wildman–Crippen LogP) is 1.50. The van der Waals surface area contributed by atoms with Crippen molar-refractivity contribution in [2.75, 3.05) is 24.7 Å². The van der Waals surface area contributed by atoms with Gasteiger partial charge >= 0.3 is 0 Å². The molecule has 0 amide bonds. The molecule has 0 saturated heterocycles. The van der Waals surface area contributed by atoms with E-state index in [9.17, 15) is 8.42 Å². The SMILES string of the molecule is CNS(=O)(=O)CCNc1cc(C)nc2ccccc12. The van der Waals surface area contributed by atoms with Crippen LogP contribution in [0.4, 0.5) is 5.69 Å².